The van der Waals surface area contributed by atoms with Gasteiger partial charge in [-0.1, -0.05) is 18.2 Å². The molecule has 0 saturated heterocycles. The molecule has 1 aromatic rings. The molecule has 1 amide bonds. The smallest absolute Gasteiger partial charge is 0.232 e. The molecule has 4 fully saturated rings. The monoisotopic (exact) mass is 283 g/mol. The topological polar surface area (TPSA) is 20.3 Å². The number of amides is 1. The molecule has 4 bridgehead atoms. The second kappa shape index (κ2) is 4.86. The van der Waals surface area contributed by atoms with Gasteiger partial charge in [0.25, 0.3) is 0 Å². The molecule has 1 aromatic carbocycles. The van der Waals surface area contributed by atoms with Gasteiger partial charge in [-0.05, 0) is 74.8 Å². The molecule has 21 heavy (non-hydrogen) atoms. The van der Waals surface area contributed by atoms with E-state index in [-0.39, 0.29) is 5.41 Å². The average Bonchev–Trinajstić information content (AvgIpc) is 2.71. The number of rotatable bonds is 2. The highest BCUT2D eigenvalue weighted by molar-refractivity contribution is 5.97. The number of carbonyl (C=O) groups is 1. The summed E-state index contributed by atoms with van der Waals surface area (Å²) in [4.78, 5) is 15.2. The molecule has 112 valence electrons. The van der Waals surface area contributed by atoms with Gasteiger partial charge in [-0.2, -0.15) is 0 Å². The normalized spacial score (nSPS) is 37.3. The third kappa shape index (κ3) is 2.20. The van der Waals surface area contributed by atoms with E-state index >= 15 is 0 Å². The molecule has 0 N–H and O–H groups in total. The summed E-state index contributed by atoms with van der Waals surface area (Å²) in [6.07, 6.45) is 8.87. The van der Waals surface area contributed by atoms with E-state index in [1.165, 1.54) is 25.7 Å². The lowest BCUT2D eigenvalue weighted by molar-refractivity contribution is -0.132. The van der Waals surface area contributed by atoms with Crippen molar-refractivity contribution in [2.45, 2.75) is 44.9 Å². The summed E-state index contributed by atoms with van der Waals surface area (Å²) in [5.74, 6) is 2.93. The highest BCUT2D eigenvalue weighted by Gasteiger charge is 2.52. The lowest BCUT2D eigenvalue weighted by Crippen LogP contribution is -2.46. The van der Waals surface area contributed by atoms with E-state index in [2.05, 4.69) is 0 Å². The van der Waals surface area contributed by atoms with Gasteiger partial charge in [0.2, 0.25) is 5.91 Å². The molecule has 0 heterocycles. The Hall–Kier alpha value is -1.31. The number of benzene rings is 1. The van der Waals surface area contributed by atoms with Crippen molar-refractivity contribution >= 4 is 11.6 Å². The first-order valence-corrected chi connectivity index (χ1v) is 8.49. The standard InChI is InChI=1S/C19H25NO/c1-20(17-5-3-2-4-6-17)18(21)19-8-7-14-9-15(12-19)11-16(10-14)13-19/h2-6,14-16H,7-13H2,1H3. The fourth-order valence-corrected chi connectivity index (χ4v) is 5.55. The van der Waals surface area contributed by atoms with Crippen molar-refractivity contribution in [3.63, 3.8) is 0 Å². The van der Waals surface area contributed by atoms with Crippen molar-refractivity contribution < 1.29 is 4.79 Å². The van der Waals surface area contributed by atoms with E-state index < -0.39 is 0 Å². The summed E-state index contributed by atoms with van der Waals surface area (Å²) in [6, 6.07) is 10.1. The van der Waals surface area contributed by atoms with E-state index in [9.17, 15) is 4.79 Å². The van der Waals surface area contributed by atoms with Gasteiger partial charge in [0.15, 0.2) is 0 Å². The third-order valence-electron chi connectivity index (χ3n) is 6.29. The fourth-order valence-electron chi connectivity index (χ4n) is 5.55. The summed E-state index contributed by atoms with van der Waals surface area (Å²) in [7, 11) is 1.96. The largest absolute Gasteiger partial charge is 0.315 e. The molecule has 0 aliphatic heterocycles. The van der Waals surface area contributed by atoms with Crippen LogP contribution in [0.4, 0.5) is 5.69 Å². The number of anilines is 1. The van der Waals surface area contributed by atoms with Crippen molar-refractivity contribution in [3.05, 3.63) is 30.3 Å². The van der Waals surface area contributed by atoms with Gasteiger partial charge in [0.1, 0.15) is 0 Å². The maximum atomic E-state index is 13.3. The van der Waals surface area contributed by atoms with Crippen molar-refractivity contribution in [1.29, 1.82) is 0 Å². The highest BCUT2D eigenvalue weighted by Crippen LogP contribution is 2.57. The van der Waals surface area contributed by atoms with E-state index in [0.29, 0.717) is 5.91 Å². The van der Waals surface area contributed by atoms with Gasteiger partial charge in [-0.15, -0.1) is 0 Å². The SMILES string of the molecule is CN(C(=O)C12CCC3CC(CC(C3)C1)C2)c1ccccc1. The summed E-state index contributed by atoms with van der Waals surface area (Å²) in [5.41, 5.74) is 0.985. The molecule has 2 nitrogen and oxygen atoms in total. The molecule has 4 aliphatic carbocycles. The molecule has 2 unspecified atom stereocenters. The second-order valence-corrected chi connectivity index (χ2v) is 7.73. The minimum absolute atomic E-state index is 0.0522. The van der Waals surface area contributed by atoms with Gasteiger partial charge in [-0.25, -0.2) is 0 Å². The number of hydrogen-bond acceptors (Lipinski definition) is 1. The zero-order valence-electron chi connectivity index (χ0n) is 12.9. The average molecular weight is 283 g/mol. The maximum absolute atomic E-state index is 13.3. The van der Waals surface area contributed by atoms with Crippen LogP contribution in [-0.4, -0.2) is 13.0 Å². The van der Waals surface area contributed by atoms with E-state index in [0.717, 1.165) is 42.7 Å². The predicted molar refractivity (Wildman–Crippen MR) is 85.1 cm³/mol. The molecule has 0 radical (unpaired) electrons. The van der Waals surface area contributed by atoms with Gasteiger partial charge >= 0.3 is 0 Å². The predicted octanol–water partition coefficient (Wildman–Crippen LogP) is 4.26. The van der Waals surface area contributed by atoms with Crippen LogP contribution in [0.25, 0.3) is 0 Å². The number of para-hydroxylation sites is 1. The molecule has 0 spiro atoms. The van der Waals surface area contributed by atoms with E-state index in [1.807, 2.05) is 42.3 Å². The van der Waals surface area contributed by atoms with Crippen LogP contribution < -0.4 is 4.90 Å². The molecule has 2 heteroatoms. The Morgan fingerprint density at radius 2 is 1.67 bits per heavy atom. The number of fused-ring (bicyclic) bond motifs is 1. The molecule has 0 aromatic heterocycles. The van der Waals surface area contributed by atoms with Gasteiger partial charge in [0.05, 0.1) is 5.41 Å². The van der Waals surface area contributed by atoms with Crippen LogP contribution in [0.5, 0.6) is 0 Å². The van der Waals surface area contributed by atoms with Crippen molar-refractivity contribution in [2.75, 3.05) is 11.9 Å². The lowest BCUT2D eigenvalue weighted by Gasteiger charge is -2.45. The van der Waals surface area contributed by atoms with Crippen LogP contribution in [-0.2, 0) is 4.79 Å². The Bertz CT molecular complexity index is 524. The van der Waals surface area contributed by atoms with Crippen molar-refractivity contribution in [3.8, 4) is 0 Å². The third-order valence-corrected chi connectivity index (χ3v) is 6.29. The minimum atomic E-state index is -0.0522. The van der Waals surface area contributed by atoms with Crippen LogP contribution in [0, 0.1) is 23.2 Å². The number of carbonyl (C=O) groups excluding carboxylic acids is 1. The van der Waals surface area contributed by atoms with Crippen LogP contribution in [0.2, 0.25) is 0 Å². The first-order chi connectivity index (χ1) is 10.2. The van der Waals surface area contributed by atoms with E-state index in [4.69, 9.17) is 0 Å². The van der Waals surface area contributed by atoms with E-state index in [1.54, 1.807) is 0 Å². The fraction of sp³-hybridized carbons (Fsp3) is 0.632. The Kier molecular flexibility index (Phi) is 3.09. The zero-order valence-corrected chi connectivity index (χ0v) is 12.9. The highest BCUT2D eigenvalue weighted by atomic mass is 16.2. The molecule has 4 aliphatic rings. The Morgan fingerprint density at radius 1 is 1.05 bits per heavy atom. The van der Waals surface area contributed by atoms with Gasteiger partial charge in [0, 0.05) is 12.7 Å². The number of nitrogens with zero attached hydrogens (tertiary/aromatic N) is 1. The Balaban J connectivity index is 1.64. The minimum Gasteiger partial charge on any atom is -0.315 e. The summed E-state index contributed by atoms with van der Waals surface area (Å²) in [6.45, 7) is 0. The van der Waals surface area contributed by atoms with Crippen LogP contribution in [0.3, 0.4) is 0 Å². The Morgan fingerprint density at radius 3 is 2.33 bits per heavy atom. The molecule has 5 rings (SSSR count). The molecular weight excluding hydrogens is 258 g/mol. The molecule has 2 atom stereocenters. The number of hydrogen-bond donors (Lipinski definition) is 0. The Labute approximate surface area is 127 Å². The first kappa shape index (κ1) is 13.4. The van der Waals surface area contributed by atoms with Gasteiger partial charge < -0.3 is 4.90 Å². The van der Waals surface area contributed by atoms with Gasteiger partial charge in [-0.3, -0.25) is 4.79 Å². The molecule has 4 saturated carbocycles. The molecular formula is C19H25NO. The van der Waals surface area contributed by atoms with Crippen molar-refractivity contribution in [1.82, 2.24) is 0 Å². The van der Waals surface area contributed by atoms with Crippen LogP contribution in [0.15, 0.2) is 30.3 Å². The lowest BCUT2D eigenvalue weighted by atomic mass is 9.61. The zero-order chi connectivity index (χ0) is 14.4. The quantitative estimate of drug-likeness (QED) is 0.794. The first-order valence-electron chi connectivity index (χ1n) is 8.49. The summed E-state index contributed by atoms with van der Waals surface area (Å²) < 4.78 is 0. The second-order valence-electron chi connectivity index (χ2n) is 7.73. The summed E-state index contributed by atoms with van der Waals surface area (Å²) >= 11 is 0. The summed E-state index contributed by atoms with van der Waals surface area (Å²) in [5, 5.41) is 0. The maximum Gasteiger partial charge on any atom is 0.232 e. The van der Waals surface area contributed by atoms with Crippen molar-refractivity contribution in [2.24, 2.45) is 23.2 Å². The van der Waals surface area contributed by atoms with Crippen LogP contribution in [0.1, 0.15) is 44.9 Å². The van der Waals surface area contributed by atoms with Crippen LogP contribution >= 0.6 is 0 Å².